The second-order valence-electron chi connectivity index (χ2n) is 4.72. The number of imidazole rings is 1. The Bertz CT molecular complexity index is 774. The summed E-state index contributed by atoms with van der Waals surface area (Å²) in [7, 11) is 0. The lowest BCUT2D eigenvalue weighted by molar-refractivity contribution is 1.09. The standard InChI is InChI=1S/C15H14BrN3/c1-9-6-10(2)19-13(7-9)18-14(15(19)17)11-4-3-5-12(16)8-11/h3-8H,17H2,1-2H3. The van der Waals surface area contributed by atoms with Crippen LogP contribution in [0.2, 0.25) is 0 Å². The second-order valence-corrected chi connectivity index (χ2v) is 5.64. The van der Waals surface area contributed by atoms with Gasteiger partial charge in [-0.3, -0.25) is 4.40 Å². The van der Waals surface area contributed by atoms with Crippen molar-refractivity contribution in [3.05, 3.63) is 52.1 Å². The summed E-state index contributed by atoms with van der Waals surface area (Å²) in [6.07, 6.45) is 0. The molecule has 0 saturated carbocycles. The van der Waals surface area contributed by atoms with Gasteiger partial charge in [-0.05, 0) is 43.7 Å². The molecule has 3 aromatic rings. The second kappa shape index (κ2) is 4.38. The molecule has 2 N–H and O–H groups in total. The highest BCUT2D eigenvalue weighted by Gasteiger charge is 2.13. The average Bonchev–Trinajstić information content (AvgIpc) is 2.66. The van der Waals surface area contributed by atoms with Crippen LogP contribution in [0.25, 0.3) is 16.9 Å². The third-order valence-electron chi connectivity index (χ3n) is 3.18. The molecular weight excluding hydrogens is 302 g/mol. The van der Waals surface area contributed by atoms with Gasteiger partial charge >= 0.3 is 0 Å². The molecule has 3 rings (SSSR count). The number of pyridine rings is 1. The Balaban J connectivity index is 2.31. The number of hydrogen-bond acceptors (Lipinski definition) is 2. The zero-order valence-electron chi connectivity index (χ0n) is 10.8. The zero-order chi connectivity index (χ0) is 13.6. The molecule has 0 aliphatic rings. The first-order valence-corrected chi connectivity index (χ1v) is 6.86. The van der Waals surface area contributed by atoms with Gasteiger partial charge in [-0.1, -0.05) is 28.1 Å². The highest BCUT2D eigenvalue weighted by Crippen LogP contribution is 2.29. The van der Waals surface area contributed by atoms with Crippen molar-refractivity contribution in [1.82, 2.24) is 9.38 Å². The van der Waals surface area contributed by atoms with E-state index in [4.69, 9.17) is 5.73 Å². The molecule has 0 spiro atoms. The van der Waals surface area contributed by atoms with Crippen LogP contribution in [0.5, 0.6) is 0 Å². The predicted octanol–water partition coefficient (Wildman–Crippen LogP) is 3.96. The highest BCUT2D eigenvalue weighted by molar-refractivity contribution is 9.10. The highest BCUT2D eigenvalue weighted by atomic mass is 79.9. The lowest BCUT2D eigenvalue weighted by Crippen LogP contribution is -1.98. The lowest BCUT2D eigenvalue weighted by Gasteiger charge is -2.04. The average molecular weight is 316 g/mol. The van der Waals surface area contributed by atoms with Crippen molar-refractivity contribution in [2.75, 3.05) is 5.73 Å². The molecule has 3 nitrogen and oxygen atoms in total. The molecule has 0 unspecified atom stereocenters. The van der Waals surface area contributed by atoms with E-state index in [2.05, 4.69) is 33.9 Å². The van der Waals surface area contributed by atoms with Gasteiger partial charge in [0.2, 0.25) is 0 Å². The number of nitrogens with two attached hydrogens (primary N) is 1. The Morgan fingerprint density at radius 2 is 1.95 bits per heavy atom. The Hall–Kier alpha value is -1.81. The minimum atomic E-state index is 0.686. The number of aryl methyl sites for hydroxylation is 2. The molecule has 4 heteroatoms. The number of hydrogen-bond donors (Lipinski definition) is 1. The van der Waals surface area contributed by atoms with Crippen LogP contribution < -0.4 is 5.73 Å². The maximum absolute atomic E-state index is 6.26. The molecule has 0 aliphatic carbocycles. The van der Waals surface area contributed by atoms with Gasteiger partial charge in [0.15, 0.2) is 0 Å². The summed E-state index contributed by atoms with van der Waals surface area (Å²) in [5, 5.41) is 0. The normalized spacial score (nSPS) is 11.1. The quantitative estimate of drug-likeness (QED) is 0.738. The van der Waals surface area contributed by atoms with Crippen molar-refractivity contribution in [2.45, 2.75) is 13.8 Å². The molecule has 19 heavy (non-hydrogen) atoms. The van der Waals surface area contributed by atoms with E-state index in [9.17, 15) is 0 Å². The molecule has 0 bridgehead atoms. The van der Waals surface area contributed by atoms with E-state index < -0.39 is 0 Å². The van der Waals surface area contributed by atoms with E-state index >= 15 is 0 Å². The first-order valence-electron chi connectivity index (χ1n) is 6.07. The van der Waals surface area contributed by atoms with Crippen LogP contribution in [0.4, 0.5) is 5.82 Å². The Morgan fingerprint density at radius 3 is 2.68 bits per heavy atom. The summed E-state index contributed by atoms with van der Waals surface area (Å²) >= 11 is 3.48. The van der Waals surface area contributed by atoms with Gasteiger partial charge < -0.3 is 5.73 Å². The summed E-state index contributed by atoms with van der Waals surface area (Å²) in [5.41, 5.74) is 11.3. The van der Waals surface area contributed by atoms with Crippen molar-refractivity contribution in [3.8, 4) is 11.3 Å². The fourth-order valence-corrected chi connectivity index (χ4v) is 2.81. The van der Waals surface area contributed by atoms with Crippen molar-refractivity contribution in [2.24, 2.45) is 0 Å². The fraction of sp³-hybridized carbons (Fsp3) is 0.133. The van der Waals surface area contributed by atoms with Gasteiger partial charge in [-0.2, -0.15) is 0 Å². The van der Waals surface area contributed by atoms with E-state index in [0.29, 0.717) is 5.82 Å². The number of rotatable bonds is 1. The van der Waals surface area contributed by atoms with Crippen LogP contribution in [0.1, 0.15) is 11.3 Å². The molecule has 2 heterocycles. The zero-order valence-corrected chi connectivity index (χ0v) is 12.4. The number of nitrogens with zero attached hydrogens (tertiary/aromatic N) is 2. The number of anilines is 1. The van der Waals surface area contributed by atoms with Crippen LogP contribution in [-0.2, 0) is 0 Å². The minimum Gasteiger partial charge on any atom is -0.383 e. The maximum Gasteiger partial charge on any atom is 0.139 e. The fourth-order valence-electron chi connectivity index (χ4n) is 2.41. The van der Waals surface area contributed by atoms with Gasteiger partial charge in [0, 0.05) is 15.7 Å². The summed E-state index contributed by atoms with van der Waals surface area (Å²) in [5.74, 6) is 0.686. The maximum atomic E-state index is 6.26. The van der Waals surface area contributed by atoms with Crippen LogP contribution in [0, 0.1) is 13.8 Å². The third-order valence-corrected chi connectivity index (χ3v) is 3.68. The summed E-state index contributed by atoms with van der Waals surface area (Å²) in [6, 6.07) is 12.2. The van der Waals surface area contributed by atoms with Crippen LogP contribution >= 0.6 is 15.9 Å². The van der Waals surface area contributed by atoms with Crippen LogP contribution in [-0.4, -0.2) is 9.38 Å². The molecule has 0 atom stereocenters. The summed E-state index contributed by atoms with van der Waals surface area (Å²) < 4.78 is 3.01. The number of halogens is 1. The topological polar surface area (TPSA) is 43.3 Å². The van der Waals surface area contributed by atoms with Crippen molar-refractivity contribution in [1.29, 1.82) is 0 Å². The van der Waals surface area contributed by atoms with Crippen molar-refractivity contribution >= 4 is 27.4 Å². The summed E-state index contributed by atoms with van der Waals surface area (Å²) in [6.45, 7) is 4.11. The molecule has 96 valence electrons. The predicted molar refractivity (Wildman–Crippen MR) is 82.2 cm³/mol. The lowest BCUT2D eigenvalue weighted by atomic mass is 10.1. The molecule has 2 aromatic heterocycles. The molecule has 0 amide bonds. The van der Waals surface area contributed by atoms with Gasteiger partial charge in [0.05, 0.1) is 0 Å². The van der Waals surface area contributed by atoms with Gasteiger partial charge in [-0.25, -0.2) is 4.98 Å². The van der Waals surface area contributed by atoms with Gasteiger partial charge in [0.25, 0.3) is 0 Å². The van der Waals surface area contributed by atoms with E-state index in [1.807, 2.05) is 41.7 Å². The van der Waals surface area contributed by atoms with E-state index in [-0.39, 0.29) is 0 Å². The van der Waals surface area contributed by atoms with Crippen LogP contribution in [0.15, 0.2) is 40.9 Å². The number of benzene rings is 1. The van der Waals surface area contributed by atoms with E-state index in [1.165, 1.54) is 5.56 Å². The smallest absolute Gasteiger partial charge is 0.139 e. The summed E-state index contributed by atoms with van der Waals surface area (Å²) in [4.78, 5) is 4.66. The first-order chi connectivity index (χ1) is 9.06. The Morgan fingerprint density at radius 1 is 1.16 bits per heavy atom. The minimum absolute atomic E-state index is 0.686. The number of aromatic nitrogens is 2. The Labute approximate surface area is 120 Å². The molecule has 0 fully saturated rings. The SMILES string of the molecule is Cc1cc(C)n2c(N)c(-c3cccc(Br)c3)nc2c1. The van der Waals surface area contributed by atoms with Gasteiger partial charge in [-0.15, -0.1) is 0 Å². The molecular formula is C15H14BrN3. The molecule has 0 aliphatic heterocycles. The van der Waals surface area contributed by atoms with E-state index in [0.717, 1.165) is 27.1 Å². The van der Waals surface area contributed by atoms with E-state index in [1.54, 1.807) is 0 Å². The van der Waals surface area contributed by atoms with Crippen LogP contribution in [0.3, 0.4) is 0 Å². The first kappa shape index (κ1) is 12.2. The number of nitrogen functional groups attached to an aromatic ring is 1. The largest absolute Gasteiger partial charge is 0.383 e. The van der Waals surface area contributed by atoms with Crippen molar-refractivity contribution in [3.63, 3.8) is 0 Å². The number of fused-ring (bicyclic) bond motifs is 1. The molecule has 0 radical (unpaired) electrons. The molecule has 0 saturated heterocycles. The monoisotopic (exact) mass is 315 g/mol. The molecule has 1 aromatic carbocycles. The Kier molecular flexibility index (Phi) is 2.82. The third kappa shape index (κ3) is 2.02. The van der Waals surface area contributed by atoms with Crippen molar-refractivity contribution < 1.29 is 0 Å². The van der Waals surface area contributed by atoms with Gasteiger partial charge in [0.1, 0.15) is 17.2 Å².